The van der Waals surface area contributed by atoms with Crippen molar-refractivity contribution in [2.75, 3.05) is 0 Å². The monoisotopic (exact) mass is 255 g/mol. The second-order valence-electron chi connectivity index (χ2n) is 4.65. The van der Waals surface area contributed by atoms with Gasteiger partial charge in [0.15, 0.2) is 0 Å². The van der Waals surface area contributed by atoms with E-state index < -0.39 is 0 Å². The van der Waals surface area contributed by atoms with Crippen LogP contribution in [0.5, 0.6) is 0 Å². The molecule has 2 N–H and O–H groups in total. The van der Waals surface area contributed by atoms with E-state index in [0.29, 0.717) is 5.56 Å². The van der Waals surface area contributed by atoms with E-state index in [4.69, 9.17) is 0 Å². The molecule has 5 nitrogen and oxygen atoms in total. The van der Waals surface area contributed by atoms with E-state index in [0.717, 1.165) is 23.7 Å². The molecule has 2 aromatic rings. The minimum Gasteiger partial charge on any atom is -0.321 e. The highest BCUT2D eigenvalue weighted by molar-refractivity contribution is 5.88. The Morgan fingerprint density at radius 1 is 1.37 bits per heavy atom. The second-order valence-corrected chi connectivity index (χ2v) is 4.65. The van der Waals surface area contributed by atoms with E-state index in [1.807, 2.05) is 24.3 Å². The summed E-state index contributed by atoms with van der Waals surface area (Å²) in [5.41, 5.74) is 3.44. The number of pyridine rings is 1. The molecule has 0 spiro atoms. The van der Waals surface area contributed by atoms with Crippen molar-refractivity contribution in [2.24, 2.45) is 11.0 Å². The van der Waals surface area contributed by atoms with E-state index in [1.165, 1.54) is 6.21 Å². The third kappa shape index (κ3) is 2.54. The molecule has 1 fully saturated rings. The summed E-state index contributed by atoms with van der Waals surface area (Å²) in [7, 11) is 0. The number of nitrogens with zero attached hydrogens (tertiary/aromatic N) is 1. The van der Waals surface area contributed by atoms with Crippen LogP contribution < -0.4 is 11.0 Å². The first kappa shape index (κ1) is 11.6. The van der Waals surface area contributed by atoms with Gasteiger partial charge in [-0.15, -0.1) is 0 Å². The summed E-state index contributed by atoms with van der Waals surface area (Å²) in [4.78, 5) is 25.9. The number of aromatic amines is 1. The molecule has 0 radical (unpaired) electrons. The molecule has 96 valence electrons. The number of amides is 1. The quantitative estimate of drug-likeness (QED) is 0.642. The van der Waals surface area contributed by atoms with Crippen LogP contribution in [0, 0.1) is 5.92 Å². The van der Waals surface area contributed by atoms with E-state index in [1.54, 1.807) is 6.07 Å². The maximum atomic E-state index is 11.8. The van der Waals surface area contributed by atoms with Gasteiger partial charge in [0.25, 0.3) is 5.56 Å². The summed E-state index contributed by atoms with van der Waals surface area (Å²) in [5.74, 6) is 0.0282. The van der Waals surface area contributed by atoms with Crippen LogP contribution in [0.2, 0.25) is 0 Å². The Hall–Kier alpha value is -2.43. The van der Waals surface area contributed by atoms with Gasteiger partial charge < -0.3 is 4.98 Å². The van der Waals surface area contributed by atoms with Gasteiger partial charge in [-0.2, -0.15) is 5.10 Å². The van der Waals surface area contributed by atoms with E-state index in [9.17, 15) is 9.59 Å². The van der Waals surface area contributed by atoms with Crippen LogP contribution in [-0.4, -0.2) is 17.1 Å². The van der Waals surface area contributed by atoms with Gasteiger partial charge in [0.1, 0.15) is 0 Å². The molecule has 1 aliphatic carbocycles. The lowest BCUT2D eigenvalue weighted by atomic mass is 10.2. The molecule has 1 aromatic heterocycles. The number of carbonyl (C=O) groups is 1. The standard InChI is InChI=1S/C14H13N3O2/c18-13-11(8-15-17-14(19)9-5-6-9)7-10-3-1-2-4-12(10)16-13/h1-4,7-9H,5-6H2,(H,16,18)(H,17,19)/b15-8+. The van der Waals surface area contributed by atoms with E-state index in [2.05, 4.69) is 15.5 Å². The number of nitrogens with one attached hydrogen (secondary N) is 2. The first-order valence-electron chi connectivity index (χ1n) is 6.19. The summed E-state index contributed by atoms with van der Waals surface area (Å²) in [5, 5.41) is 4.75. The summed E-state index contributed by atoms with van der Waals surface area (Å²) in [6.45, 7) is 0. The number of aromatic nitrogens is 1. The molecular formula is C14H13N3O2. The molecular weight excluding hydrogens is 242 g/mol. The van der Waals surface area contributed by atoms with Crippen molar-refractivity contribution in [3.8, 4) is 0 Å². The molecule has 0 aliphatic heterocycles. The number of fused-ring (bicyclic) bond motifs is 1. The van der Waals surface area contributed by atoms with Crippen molar-refractivity contribution in [3.05, 3.63) is 46.2 Å². The van der Waals surface area contributed by atoms with Crippen molar-refractivity contribution >= 4 is 23.0 Å². The molecule has 1 aliphatic rings. The molecule has 0 saturated heterocycles. The Morgan fingerprint density at radius 2 is 2.16 bits per heavy atom. The predicted molar refractivity (Wildman–Crippen MR) is 73.0 cm³/mol. The third-order valence-electron chi connectivity index (χ3n) is 3.11. The Morgan fingerprint density at radius 3 is 2.95 bits per heavy atom. The van der Waals surface area contributed by atoms with Crippen LogP contribution in [0.15, 0.2) is 40.2 Å². The zero-order valence-electron chi connectivity index (χ0n) is 10.2. The molecule has 1 heterocycles. The summed E-state index contributed by atoms with van der Waals surface area (Å²) in [6, 6.07) is 9.26. The maximum absolute atomic E-state index is 11.8. The number of hydrazone groups is 1. The first-order chi connectivity index (χ1) is 9.24. The van der Waals surface area contributed by atoms with Crippen LogP contribution in [-0.2, 0) is 4.79 Å². The highest BCUT2D eigenvalue weighted by Gasteiger charge is 2.29. The fraction of sp³-hybridized carbons (Fsp3) is 0.214. The highest BCUT2D eigenvalue weighted by atomic mass is 16.2. The van der Waals surface area contributed by atoms with Crippen molar-refractivity contribution in [1.29, 1.82) is 0 Å². The number of rotatable bonds is 3. The van der Waals surface area contributed by atoms with Crippen LogP contribution in [0.4, 0.5) is 0 Å². The first-order valence-corrected chi connectivity index (χ1v) is 6.19. The Kier molecular flexibility index (Phi) is 2.87. The average molecular weight is 255 g/mol. The Balaban J connectivity index is 1.83. The van der Waals surface area contributed by atoms with Gasteiger partial charge in [0.05, 0.1) is 11.8 Å². The van der Waals surface area contributed by atoms with Crippen molar-refractivity contribution in [1.82, 2.24) is 10.4 Å². The Bertz CT molecular complexity index is 714. The fourth-order valence-electron chi connectivity index (χ4n) is 1.86. The Labute approximate surface area is 109 Å². The van der Waals surface area contributed by atoms with Crippen LogP contribution >= 0.6 is 0 Å². The van der Waals surface area contributed by atoms with E-state index in [-0.39, 0.29) is 17.4 Å². The molecule has 0 atom stereocenters. The number of para-hydroxylation sites is 1. The number of benzene rings is 1. The lowest BCUT2D eigenvalue weighted by Gasteiger charge is -1.99. The van der Waals surface area contributed by atoms with Gasteiger partial charge in [-0.3, -0.25) is 9.59 Å². The highest BCUT2D eigenvalue weighted by Crippen LogP contribution is 2.28. The summed E-state index contributed by atoms with van der Waals surface area (Å²) >= 11 is 0. The zero-order chi connectivity index (χ0) is 13.2. The third-order valence-corrected chi connectivity index (χ3v) is 3.11. The molecule has 0 bridgehead atoms. The van der Waals surface area contributed by atoms with E-state index >= 15 is 0 Å². The molecule has 1 amide bonds. The van der Waals surface area contributed by atoms with Crippen molar-refractivity contribution < 1.29 is 4.79 Å². The SMILES string of the molecule is O=C(N/N=C/c1cc2ccccc2[nH]c1=O)C1CC1. The zero-order valence-corrected chi connectivity index (χ0v) is 10.2. The van der Waals surface area contributed by atoms with Crippen LogP contribution in [0.1, 0.15) is 18.4 Å². The van der Waals surface area contributed by atoms with Crippen LogP contribution in [0.25, 0.3) is 10.9 Å². The van der Waals surface area contributed by atoms with Gasteiger partial charge in [-0.05, 0) is 30.4 Å². The fourth-order valence-corrected chi connectivity index (χ4v) is 1.86. The normalized spacial score (nSPS) is 14.9. The molecule has 1 aromatic carbocycles. The van der Waals surface area contributed by atoms with Gasteiger partial charge in [0, 0.05) is 11.4 Å². The molecule has 5 heteroatoms. The van der Waals surface area contributed by atoms with Crippen molar-refractivity contribution in [3.63, 3.8) is 0 Å². The largest absolute Gasteiger partial charge is 0.321 e. The lowest BCUT2D eigenvalue weighted by molar-refractivity contribution is -0.122. The molecule has 1 saturated carbocycles. The smallest absolute Gasteiger partial charge is 0.257 e. The van der Waals surface area contributed by atoms with Crippen molar-refractivity contribution in [2.45, 2.75) is 12.8 Å². The lowest BCUT2D eigenvalue weighted by Crippen LogP contribution is -2.20. The topological polar surface area (TPSA) is 74.3 Å². The average Bonchev–Trinajstić information content (AvgIpc) is 3.23. The second kappa shape index (κ2) is 4.68. The maximum Gasteiger partial charge on any atom is 0.257 e. The summed E-state index contributed by atoms with van der Waals surface area (Å²) < 4.78 is 0. The minimum absolute atomic E-state index is 0.0755. The molecule has 19 heavy (non-hydrogen) atoms. The van der Waals surface area contributed by atoms with Gasteiger partial charge in [-0.1, -0.05) is 18.2 Å². The predicted octanol–water partition coefficient (Wildman–Crippen LogP) is 1.39. The van der Waals surface area contributed by atoms with Gasteiger partial charge in [0.2, 0.25) is 5.91 Å². The number of hydrogen-bond acceptors (Lipinski definition) is 3. The minimum atomic E-state index is -0.219. The van der Waals surface area contributed by atoms with Gasteiger partial charge in [-0.25, -0.2) is 5.43 Å². The summed E-state index contributed by atoms with van der Waals surface area (Å²) in [6.07, 6.45) is 3.24. The number of carbonyl (C=O) groups excluding carboxylic acids is 1. The van der Waals surface area contributed by atoms with Crippen LogP contribution in [0.3, 0.4) is 0 Å². The number of H-pyrrole nitrogens is 1. The van der Waals surface area contributed by atoms with Gasteiger partial charge >= 0.3 is 0 Å². The molecule has 0 unspecified atom stereocenters. The molecule has 3 rings (SSSR count). The number of hydrogen-bond donors (Lipinski definition) is 2.